The fourth-order valence-corrected chi connectivity index (χ4v) is 2.75. The Hall–Kier alpha value is -1.52. The number of benzene rings is 1. The molecule has 2 atom stereocenters. The molecule has 0 saturated heterocycles. The second kappa shape index (κ2) is 6.50. The Kier molecular flexibility index (Phi) is 4.91. The molecule has 1 aliphatic rings. The van der Waals surface area contributed by atoms with Crippen molar-refractivity contribution in [2.75, 3.05) is 27.7 Å². The molecule has 0 bridgehead atoms. The van der Waals surface area contributed by atoms with Gasteiger partial charge in [-0.15, -0.1) is 0 Å². The number of rotatable bonds is 4. The number of esters is 1. The number of ether oxygens (including phenoxy) is 1. The monoisotopic (exact) mass is 308 g/mol. The normalized spacial score (nSPS) is 21.6. The lowest BCUT2D eigenvalue weighted by Crippen LogP contribution is -2.47. The summed E-state index contributed by atoms with van der Waals surface area (Å²) >= 11 is 5.94. The Morgan fingerprint density at radius 3 is 2.48 bits per heavy atom. The first-order chi connectivity index (χ1) is 9.95. The van der Waals surface area contributed by atoms with Gasteiger partial charge >= 0.3 is 5.97 Å². The van der Waals surface area contributed by atoms with Crippen LogP contribution in [0.3, 0.4) is 0 Å². The van der Waals surface area contributed by atoms with Gasteiger partial charge in [0, 0.05) is 17.8 Å². The van der Waals surface area contributed by atoms with Crippen molar-refractivity contribution in [2.24, 2.45) is 0 Å². The average Bonchev–Trinajstić information content (AvgIpc) is 2.78. The zero-order valence-electron chi connectivity index (χ0n) is 12.8. The third-order valence-electron chi connectivity index (χ3n) is 3.71. The van der Waals surface area contributed by atoms with Gasteiger partial charge in [-0.1, -0.05) is 23.7 Å². The molecule has 0 N–H and O–H groups in total. The predicted octanol–water partition coefficient (Wildman–Crippen LogP) is 2.49. The van der Waals surface area contributed by atoms with Gasteiger partial charge in [0.15, 0.2) is 0 Å². The first kappa shape index (κ1) is 15.9. The maximum atomic E-state index is 12.3. The number of hydrogen-bond donors (Lipinski definition) is 0. The van der Waals surface area contributed by atoms with Gasteiger partial charge in [0.25, 0.3) is 0 Å². The van der Waals surface area contributed by atoms with Crippen molar-refractivity contribution in [1.82, 2.24) is 9.80 Å². The molecule has 0 saturated carbocycles. The number of halogens is 1. The highest BCUT2D eigenvalue weighted by Gasteiger charge is 2.40. The minimum absolute atomic E-state index is 0.0141. The van der Waals surface area contributed by atoms with Crippen molar-refractivity contribution in [1.29, 1.82) is 0 Å². The van der Waals surface area contributed by atoms with Crippen molar-refractivity contribution >= 4 is 23.3 Å². The Labute approximate surface area is 130 Å². The number of nitrogens with zero attached hydrogens (tertiary/aromatic N) is 2. The van der Waals surface area contributed by atoms with E-state index in [4.69, 9.17) is 16.3 Å². The second-order valence-corrected chi connectivity index (χ2v) is 5.76. The molecule has 1 heterocycles. The van der Waals surface area contributed by atoms with Crippen LogP contribution in [0.5, 0.6) is 0 Å². The van der Waals surface area contributed by atoms with E-state index in [1.165, 1.54) is 0 Å². The van der Waals surface area contributed by atoms with E-state index in [0.29, 0.717) is 11.6 Å². The number of carbonyl (C=O) groups is 1. The summed E-state index contributed by atoms with van der Waals surface area (Å²) in [4.78, 5) is 16.3. The molecule has 0 aromatic heterocycles. The first-order valence-corrected chi connectivity index (χ1v) is 7.37. The maximum Gasteiger partial charge on any atom is 0.330 e. The van der Waals surface area contributed by atoms with Gasteiger partial charge in [-0.3, -0.25) is 0 Å². The Morgan fingerprint density at radius 1 is 1.33 bits per heavy atom. The van der Waals surface area contributed by atoms with Gasteiger partial charge in [0.05, 0.1) is 12.6 Å². The molecule has 5 heteroatoms. The molecule has 1 aromatic carbocycles. The molecular weight excluding hydrogens is 288 g/mol. The molecule has 114 valence electrons. The van der Waals surface area contributed by atoms with E-state index < -0.39 is 0 Å². The van der Waals surface area contributed by atoms with Gasteiger partial charge in [-0.25, -0.2) is 4.79 Å². The summed E-state index contributed by atoms with van der Waals surface area (Å²) in [6, 6.07) is 7.29. The molecule has 0 amide bonds. The van der Waals surface area contributed by atoms with Crippen LogP contribution in [-0.4, -0.2) is 55.6 Å². The van der Waals surface area contributed by atoms with Crippen LogP contribution in [0.25, 0.3) is 5.70 Å². The Morgan fingerprint density at radius 2 is 1.95 bits per heavy atom. The summed E-state index contributed by atoms with van der Waals surface area (Å²) < 4.78 is 5.22. The van der Waals surface area contributed by atoms with E-state index in [1.54, 1.807) is 0 Å². The number of likely N-dealkylation sites (N-methyl/N-ethyl adjacent to an activating group) is 2. The van der Waals surface area contributed by atoms with Crippen molar-refractivity contribution < 1.29 is 9.53 Å². The molecule has 2 rings (SSSR count). The molecule has 0 unspecified atom stereocenters. The quantitative estimate of drug-likeness (QED) is 0.800. The Balaban J connectivity index is 2.33. The van der Waals surface area contributed by atoms with E-state index >= 15 is 0 Å². The average molecular weight is 309 g/mol. The summed E-state index contributed by atoms with van der Waals surface area (Å²) in [6.45, 7) is 2.21. The molecule has 4 nitrogen and oxygen atoms in total. The minimum atomic E-state index is -0.328. The zero-order chi connectivity index (χ0) is 15.6. The maximum absolute atomic E-state index is 12.3. The number of hydrogen-bond acceptors (Lipinski definition) is 4. The standard InChI is InChI=1S/C16H21ClN2O2/c1-5-21-16(20)15-14(18(2)3)10-13(19(15)4)11-6-8-12(17)9-7-11/h6-10,14-15H,5H2,1-4H3/t14-,15-/m1/s1. The van der Waals surface area contributed by atoms with E-state index in [-0.39, 0.29) is 18.1 Å². The summed E-state index contributed by atoms with van der Waals surface area (Å²) in [5.41, 5.74) is 2.06. The van der Waals surface area contributed by atoms with E-state index in [1.807, 2.05) is 62.1 Å². The highest BCUT2D eigenvalue weighted by atomic mass is 35.5. The van der Waals surface area contributed by atoms with Gasteiger partial charge in [0.1, 0.15) is 6.04 Å². The molecule has 21 heavy (non-hydrogen) atoms. The molecule has 1 aromatic rings. The van der Waals surface area contributed by atoms with E-state index in [9.17, 15) is 4.79 Å². The van der Waals surface area contributed by atoms with Crippen LogP contribution in [0.4, 0.5) is 0 Å². The van der Waals surface area contributed by atoms with Gasteiger partial charge in [-0.2, -0.15) is 0 Å². The molecule has 1 aliphatic heterocycles. The van der Waals surface area contributed by atoms with Crippen LogP contribution < -0.4 is 0 Å². The SMILES string of the molecule is CCOC(=O)[C@H]1[C@H](N(C)C)C=C(c2ccc(Cl)cc2)N1C. The molecule has 0 radical (unpaired) electrons. The van der Waals surface area contributed by atoms with Crippen LogP contribution in [-0.2, 0) is 9.53 Å². The van der Waals surface area contributed by atoms with Gasteiger partial charge in [0.2, 0.25) is 0 Å². The highest BCUT2D eigenvalue weighted by Crippen LogP contribution is 2.31. The third kappa shape index (κ3) is 3.22. The lowest BCUT2D eigenvalue weighted by atomic mass is 10.1. The zero-order valence-corrected chi connectivity index (χ0v) is 13.6. The highest BCUT2D eigenvalue weighted by molar-refractivity contribution is 6.30. The van der Waals surface area contributed by atoms with Crippen LogP contribution in [0, 0.1) is 0 Å². The predicted molar refractivity (Wildman–Crippen MR) is 85.1 cm³/mol. The first-order valence-electron chi connectivity index (χ1n) is 6.99. The molecule has 0 aliphatic carbocycles. The van der Waals surface area contributed by atoms with E-state index in [2.05, 4.69) is 6.08 Å². The van der Waals surface area contributed by atoms with Gasteiger partial charge in [-0.05, 0) is 44.8 Å². The van der Waals surface area contributed by atoms with Crippen molar-refractivity contribution in [3.05, 3.63) is 40.9 Å². The molecular formula is C16H21ClN2O2. The van der Waals surface area contributed by atoms with Crippen molar-refractivity contribution in [2.45, 2.75) is 19.0 Å². The fourth-order valence-electron chi connectivity index (χ4n) is 2.63. The topological polar surface area (TPSA) is 32.8 Å². The van der Waals surface area contributed by atoms with Crippen LogP contribution in [0.15, 0.2) is 30.3 Å². The second-order valence-electron chi connectivity index (χ2n) is 5.32. The fraction of sp³-hybridized carbons (Fsp3) is 0.438. The van der Waals surface area contributed by atoms with Crippen LogP contribution >= 0.6 is 11.6 Å². The lowest BCUT2D eigenvalue weighted by molar-refractivity contribution is -0.148. The van der Waals surface area contributed by atoms with Crippen LogP contribution in [0.1, 0.15) is 12.5 Å². The van der Waals surface area contributed by atoms with Gasteiger partial charge < -0.3 is 14.5 Å². The lowest BCUT2D eigenvalue weighted by Gasteiger charge is -2.29. The summed E-state index contributed by atoms with van der Waals surface area (Å²) in [7, 11) is 5.85. The molecule has 0 spiro atoms. The van der Waals surface area contributed by atoms with Crippen LogP contribution in [0.2, 0.25) is 5.02 Å². The summed E-state index contributed by atoms with van der Waals surface area (Å²) in [5, 5.41) is 0.700. The number of carbonyl (C=O) groups excluding carboxylic acids is 1. The van der Waals surface area contributed by atoms with Crippen molar-refractivity contribution in [3.63, 3.8) is 0 Å². The third-order valence-corrected chi connectivity index (χ3v) is 3.97. The minimum Gasteiger partial charge on any atom is -0.464 e. The largest absolute Gasteiger partial charge is 0.464 e. The molecule has 0 fully saturated rings. The van der Waals surface area contributed by atoms with Crippen molar-refractivity contribution in [3.8, 4) is 0 Å². The smallest absolute Gasteiger partial charge is 0.330 e. The summed E-state index contributed by atoms with van der Waals surface area (Å²) in [6.07, 6.45) is 2.10. The Bertz CT molecular complexity index is 540. The summed E-state index contributed by atoms with van der Waals surface area (Å²) in [5.74, 6) is -0.195. The van der Waals surface area contributed by atoms with E-state index in [0.717, 1.165) is 11.3 Å².